The quantitative estimate of drug-likeness (QED) is 0.480. The van der Waals surface area contributed by atoms with E-state index in [0.717, 1.165) is 9.39 Å². The van der Waals surface area contributed by atoms with Crippen LogP contribution in [0.25, 0.3) is 0 Å². The predicted octanol–water partition coefficient (Wildman–Crippen LogP) is 3.72. The number of ether oxygens (including phenoxy) is 2. The molecule has 0 aliphatic carbocycles. The Morgan fingerprint density at radius 1 is 0.963 bits per heavy atom. The minimum Gasteiger partial charge on any atom is -0.465 e. The molecule has 0 bridgehead atoms. The number of carbonyl (C=O) groups excluding carboxylic acids is 2. The van der Waals surface area contributed by atoms with Crippen molar-refractivity contribution in [2.24, 2.45) is 0 Å². The van der Waals surface area contributed by atoms with Crippen LogP contribution in [0, 0.1) is 17.5 Å². The highest BCUT2D eigenvalue weighted by atomic mass is 127. The topological polar surface area (TPSA) is 88.2 Å². The van der Waals surface area contributed by atoms with Crippen molar-refractivity contribution in [3.05, 3.63) is 32.4 Å². The fraction of sp³-hybridized carbons (Fsp3) is 0.556. The summed E-state index contributed by atoms with van der Waals surface area (Å²) < 4.78 is 13.7. The summed E-state index contributed by atoms with van der Waals surface area (Å²) in [4.78, 5) is 22.6. The molecule has 0 atom stereocenters. The molecule has 0 aliphatic heterocycles. The second kappa shape index (κ2) is 9.86. The summed E-state index contributed by atoms with van der Waals surface area (Å²) in [7, 11) is 2.75. The van der Waals surface area contributed by atoms with Gasteiger partial charge >= 0.3 is 11.9 Å². The highest BCUT2D eigenvalue weighted by Gasteiger charge is 2.21. The lowest BCUT2D eigenvalue weighted by molar-refractivity contribution is 0.0590. The Labute approximate surface area is 173 Å². The Hall–Kier alpha value is -1.91. The van der Waals surface area contributed by atoms with E-state index < -0.39 is 0 Å². The molecule has 0 spiro atoms. The number of rotatable bonds is 4. The highest BCUT2D eigenvalue weighted by Crippen LogP contribution is 2.20. The lowest BCUT2D eigenvalue weighted by atomic mass is 10.3. The van der Waals surface area contributed by atoms with Crippen molar-refractivity contribution in [3.63, 3.8) is 0 Å². The maximum absolute atomic E-state index is 11.4. The zero-order chi connectivity index (χ0) is 20.9. The van der Waals surface area contributed by atoms with Gasteiger partial charge in [-0.1, -0.05) is 0 Å². The highest BCUT2D eigenvalue weighted by molar-refractivity contribution is 14.1. The molecule has 2 aromatic heterocycles. The van der Waals surface area contributed by atoms with Crippen molar-refractivity contribution in [2.45, 2.75) is 53.6 Å². The van der Waals surface area contributed by atoms with E-state index in [1.54, 1.807) is 17.8 Å². The van der Waals surface area contributed by atoms with Crippen LogP contribution in [0.4, 0.5) is 0 Å². The van der Waals surface area contributed by atoms with E-state index in [9.17, 15) is 9.59 Å². The molecule has 0 radical (unpaired) electrons. The number of halogens is 1. The lowest BCUT2D eigenvalue weighted by Crippen LogP contribution is -2.08. The van der Waals surface area contributed by atoms with E-state index in [0.29, 0.717) is 16.8 Å². The summed E-state index contributed by atoms with van der Waals surface area (Å²) in [6.45, 7) is 11.7. The molecule has 27 heavy (non-hydrogen) atoms. The lowest BCUT2D eigenvalue weighted by Gasteiger charge is -2.06. The fourth-order valence-corrected chi connectivity index (χ4v) is 3.53. The van der Waals surface area contributed by atoms with Gasteiger partial charge < -0.3 is 9.47 Å². The van der Waals surface area contributed by atoms with Gasteiger partial charge in [0.15, 0.2) is 0 Å². The first kappa shape index (κ1) is 23.1. The van der Waals surface area contributed by atoms with Gasteiger partial charge in [-0.3, -0.25) is 9.36 Å². The molecule has 0 amide bonds. The van der Waals surface area contributed by atoms with Gasteiger partial charge in [-0.25, -0.2) is 9.59 Å². The normalized spacial score (nSPS) is 10.6. The smallest absolute Gasteiger partial charge is 0.342 e. The van der Waals surface area contributed by atoms with Gasteiger partial charge in [-0.05, 0) is 64.1 Å². The minimum atomic E-state index is -0.329. The monoisotopic (exact) mass is 490 g/mol. The van der Waals surface area contributed by atoms with E-state index in [1.165, 1.54) is 14.2 Å². The van der Waals surface area contributed by atoms with E-state index in [2.05, 4.69) is 37.5 Å². The fourth-order valence-electron chi connectivity index (χ4n) is 2.25. The molecule has 0 aromatic carbocycles. The molecule has 2 rings (SSSR count). The van der Waals surface area contributed by atoms with Crippen molar-refractivity contribution < 1.29 is 19.1 Å². The van der Waals surface area contributed by atoms with Gasteiger partial charge in [0.05, 0.1) is 25.6 Å². The van der Waals surface area contributed by atoms with Crippen molar-refractivity contribution in [1.29, 1.82) is 0 Å². The first-order valence-corrected chi connectivity index (χ1v) is 9.59. The van der Waals surface area contributed by atoms with E-state index in [4.69, 9.17) is 4.74 Å². The summed E-state index contributed by atoms with van der Waals surface area (Å²) in [6, 6.07) is 0.510. The predicted molar refractivity (Wildman–Crippen MR) is 110 cm³/mol. The number of hydrogen-bond donors (Lipinski definition) is 0. The average molecular weight is 490 g/mol. The second-order valence-corrected chi connectivity index (χ2v) is 7.50. The summed E-state index contributed by atoms with van der Waals surface area (Å²) in [6.07, 6.45) is 1.71. The van der Waals surface area contributed by atoms with Crippen molar-refractivity contribution >= 4 is 34.5 Å². The Kier molecular flexibility index (Phi) is 8.45. The number of aryl methyl sites for hydroxylation is 2. The van der Waals surface area contributed by atoms with Crippen molar-refractivity contribution in [3.8, 4) is 0 Å². The van der Waals surface area contributed by atoms with Crippen molar-refractivity contribution in [1.82, 2.24) is 19.6 Å². The summed E-state index contributed by atoms with van der Waals surface area (Å²) in [5.74, 6) is -0.650. The summed E-state index contributed by atoms with van der Waals surface area (Å²) in [5, 5.41) is 8.48. The molecule has 0 saturated heterocycles. The van der Waals surface area contributed by atoms with Crippen LogP contribution in [0.2, 0.25) is 0 Å². The third kappa shape index (κ3) is 5.53. The molecular formula is C18H27IN4O4. The Balaban J connectivity index is 0.000000271. The standard InChI is InChI=1S/C9H13IN2O2.C9H14N2O2/c1-5(2)12-8(10)7(6(3)11-12)9(13)14-4;1-6(2)11-5-8(7(3)10-11)9(12)13-4/h5H,1-4H3;5-6H,1-4H3. The van der Waals surface area contributed by atoms with E-state index in [1.807, 2.05) is 39.3 Å². The van der Waals surface area contributed by atoms with Crippen LogP contribution in [0.3, 0.4) is 0 Å². The molecule has 8 nitrogen and oxygen atoms in total. The first-order valence-electron chi connectivity index (χ1n) is 8.52. The SMILES string of the molecule is COC(=O)c1c(C)nn(C(C)C)c1I.COC(=O)c1cn(C(C)C)nc1C. The molecule has 0 saturated carbocycles. The van der Waals surface area contributed by atoms with Crippen LogP contribution < -0.4 is 0 Å². The average Bonchev–Trinajstić information content (AvgIpc) is 3.14. The molecule has 150 valence electrons. The van der Waals surface area contributed by atoms with Gasteiger partial charge in [0.1, 0.15) is 14.8 Å². The maximum Gasteiger partial charge on any atom is 0.342 e. The number of esters is 2. The Morgan fingerprint density at radius 3 is 1.89 bits per heavy atom. The van der Waals surface area contributed by atoms with Crippen LogP contribution in [0.15, 0.2) is 6.20 Å². The van der Waals surface area contributed by atoms with Gasteiger partial charge in [0, 0.05) is 18.3 Å². The zero-order valence-corrected chi connectivity index (χ0v) is 19.2. The third-order valence-corrected chi connectivity index (χ3v) is 4.79. The van der Waals surface area contributed by atoms with Gasteiger partial charge in [0.25, 0.3) is 0 Å². The largest absolute Gasteiger partial charge is 0.465 e. The van der Waals surface area contributed by atoms with Crippen LogP contribution in [0.5, 0.6) is 0 Å². The zero-order valence-electron chi connectivity index (χ0n) is 17.0. The van der Waals surface area contributed by atoms with Crippen LogP contribution in [-0.4, -0.2) is 45.7 Å². The summed E-state index contributed by atoms with van der Waals surface area (Å²) in [5.41, 5.74) is 2.54. The van der Waals surface area contributed by atoms with Gasteiger partial charge in [-0.2, -0.15) is 10.2 Å². The van der Waals surface area contributed by atoms with Crippen LogP contribution in [-0.2, 0) is 9.47 Å². The number of methoxy groups -OCH3 is 2. The molecule has 2 heterocycles. The van der Waals surface area contributed by atoms with E-state index in [-0.39, 0.29) is 24.0 Å². The van der Waals surface area contributed by atoms with Crippen LogP contribution in [0.1, 0.15) is 71.9 Å². The molecule has 2 aromatic rings. The molecule has 0 unspecified atom stereocenters. The Morgan fingerprint density at radius 2 is 1.52 bits per heavy atom. The molecule has 0 N–H and O–H groups in total. The van der Waals surface area contributed by atoms with Gasteiger partial charge in [0.2, 0.25) is 0 Å². The molecule has 0 aliphatic rings. The Bertz CT molecular complexity index is 809. The number of aromatic nitrogens is 4. The van der Waals surface area contributed by atoms with E-state index >= 15 is 0 Å². The molecule has 0 fully saturated rings. The molecule has 9 heteroatoms. The van der Waals surface area contributed by atoms with Gasteiger partial charge in [-0.15, -0.1) is 0 Å². The molecular weight excluding hydrogens is 463 g/mol. The van der Waals surface area contributed by atoms with Crippen molar-refractivity contribution in [2.75, 3.05) is 14.2 Å². The second-order valence-electron chi connectivity index (χ2n) is 6.47. The maximum atomic E-state index is 11.4. The number of hydrogen-bond acceptors (Lipinski definition) is 6. The van der Waals surface area contributed by atoms with Crippen LogP contribution >= 0.6 is 22.6 Å². The number of nitrogens with zero attached hydrogens (tertiary/aromatic N) is 4. The third-order valence-electron chi connectivity index (χ3n) is 3.76. The number of carbonyl (C=O) groups is 2. The summed E-state index contributed by atoms with van der Waals surface area (Å²) >= 11 is 2.12. The first-order chi connectivity index (χ1) is 12.5. The minimum absolute atomic E-state index is 0.249.